The van der Waals surface area contributed by atoms with Gasteiger partial charge in [-0.15, -0.1) is 23.5 Å². The van der Waals surface area contributed by atoms with Crippen LogP contribution < -0.4 is 9.47 Å². The number of fused-ring (bicyclic) bond motifs is 1. The van der Waals surface area contributed by atoms with Crippen LogP contribution in [0.5, 0.6) is 11.5 Å². The summed E-state index contributed by atoms with van der Waals surface area (Å²) >= 11 is 3.82. The molecule has 5 heteroatoms. The van der Waals surface area contributed by atoms with Crippen molar-refractivity contribution in [3.8, 4) is 11.5 Å². The van der Waals surface area contributed by atoms with E-state index < -0.39 is 5.60 Å². The summed E-state index contributed by atoms with van der Waals surface area (Å²) in [6, 6.07) is 3.92. The highest BCUT2D eigenvalue weighted by molar-refractivity contribution is 8.18. The third kappa shape index (κ3) is 2.61. The molecule has 2 aliphatic rings. The van der Waals surface area contributed by atoms with E-state index in [4.69, 9.17) is 9.47 Å². The second-order valence-corrected chi connectivity index (χ2v) is 9.42. The predicted molar refractivity (Wildman–Crippen MR) is 94.5 cm³/mol. The molecular weight excluding hydrogens is 316 g/mol. The Morgan fingerprint density at radius 3 is 2.23 bits per heavy atom. The highest BCUT2D eigenvalue weighted by Crippen LogP contribution is 2.54. The molecule has 1 aliphatic carbocycles. The quantitative estimate of drug-likeness (QED) is 0.911. The van der Waals surface area contributed by atoms with Gasteiger partial charge in [0.25, 0.3) is 0 Å². The second-order valence-electron chi connectivity index (χ2n) is 6.13. The lowest BCUT2D eigenvalue weighted by atomic mass is 9.77. The summed E-state index contributed by atoms with van der Waals surface area (Å²) in [5, 5.41) is 11.4. The third-order valence-corrected chi connectivity index (χ3v) is 8.49. The Morgan fingerprint density at radius 2 is 1.64 bits per heavy atom. The number of hydrogen-bond donors (Lipinski definition) is 1. The normalized spacial score (nSPS) is 27.1. The zero-order valence-corrected chi connectivity index (χ0v) is 15.1. The molecule has 1 fully saturated rings. The van der Waals surface area contributed by atoms with Crippen molar-refractivity contribution >= 4 is 23.5 Å². The van der Waals surface area contributed by atoms with E-state index in [1.807, 2.05) is 35.7 Å². The molecule has 1 saturated heterocycles. The largest absolute Gasteiger partial charge is 0.496 e. The Kier molecular flexibility index (Phi) is 4.59. The number of rotatable bonds is 3. The van der Waals surface area contributed by atoms with Gasteiger partial charge >= 0.3 is 0 Å². The third-order valence-electron chi connectivity index (χ3n) is 4.93. The molecule has 1 atom stereocenters. The second kappa shape index (κ2) is 6.17. The van der Waals surface area contributed by atoms with Gasteiger partial charge in [-0.2, -0.15) is 0 Å². The Morgan fingerprint density at radius 1 is 1.05 bits per heavy atom. The van der Waals surface area contributed by atoms with Crippen LogP contribution in [-0.4, -0.2) is 40.5 Å². The van der Waals surface area contributed by atoms with E-state index in [1.165, 1.54) is 12.0 Å². The van der Waals surface area contributed by atoms with E-state index in [2.05, 4.69) is 6.92 Å². The Bertz CT molecular complexity index is 555. The van der Waals surface area contributed by atoms with E-state index in [-0.39, 0.29) is 4.08 Å². The van der Waals surface area contributed by atoms with Crippen LogP contribution in [-0.2, 0) is 12.8 Å². The van der Waals surface area contributed by atoms with Crippen LogP contribution in [0.2, 0.25) is 0 Å². The molecule has 1 N–H and O–H groups in total. The predicted octanol–water partition coefficient (Wildman–Crippen LogP) is 3.51. The van der Waals surface area contributed by atoms with Crippen molar-refractivity contribution in [2.75, 3.05) is 25.7 Å². The molecule has 1 aromatic carbocycles. The van der Waals surface area contributed by atoms with Crippen LogP contribution in [0.25, 0.3) is 0 Å². The Balaban J connectivity index is 1.98. The van der Waals surface area contributed by atoms with E-state index in [0.717, 1.165) is 41.4 Å². The minimum Gasteiger partial charge on any atom is -0.496 e. The van der Waals surface area contributed by atoms with Gasteiger partial charge in [0.15, 0.2) is 0 Å². The molecule has 1 aliphatic heterocycles. The maximum absolute atomic E-state index is 11.4. The molecule has 22 heavy (non-hydrogen) atoms. The highest BCUT2D eigenvalue weighted by atomic mass is 32.2. The van der Waals surface area contributed by atoms with Crippen molar-refractivity contribution in [2.24, 2.45) is 0 Å². The van der Waals surface area contributed by atoms with Crippen LogP contribution in [0.15, 0.2) is 12.1 Å². The topological polar surface area (TPSA) is 38.7 Å². The molecule has 3 rings (SSSR count). The fourth-order valence-electron chi connectivity index (χ4n) is 3.50. The van der Waals surface area contributed by atoms with Gasteiger partial charge in [-0.3, -0.25) is 0 Å². The van der Waals surface area contributed by atoms with E-state index in [0.29, 0.717) is 6.42 Å². The summed E-state index contributed by atoms with van der Waals surface area (Å²) in [7, 11) is 3.40. The van der Waals surface area contributed by atoms with E-state index >= 15 is 0 Å². The van der Waals surface area contributed by atoms with Gasteiger partial charge in [0.2, 0.25) is 0 Å². The lowest BCUT2D eigenvalue weighted by Gasteiger charge is -2.48. The fourth-order valence-corrected chi connectivity index (χ4v) is 6.76. The van der Waals surface area contributed by atoms with Crippen molar-refractivity contribution in [1.82, 2.24) is 0 Å². The average Bonchev–Trinajstić information content (AvgIpc) is 2.54. The first-order valence-corrected chi connectivity index (χ1v) is 9.73. The summed E-state index contributed by atoms with van der Waals surface area (Å²) in [6.45, 7) is 2.21. The van der Waals surface area contributed by atoms with Gasteiger partial charge in [0.1, 0.15) is 11.5 Å². The SMILES string of the molecule is COc1ccc(OC)c2c1CC[C@](O)(C1(C)SCCCS1)C2. The monoisotopic (exact) mass is 340 g/mol. The lowest BCUT2D eigenvalue weighted by Crippen LogP contribution is -2.52. The zero-order valence-electron chi connectivity index (χ0n) is 13.5. The molecule has 0 unspecified atom stereocenters. The van der Waals surface area contributed by atoms with Crippen molar-refractivity contribution in [3.05, 3.63) is 23.3 Å². The number of ether oxygens (including phenoxy) is 2. The summed E-state index contributed by atoms with van der Waals surface area (Å²) in [6.07, 6.45) is 3.48. The van der Waals surface area contributed by atoms with E-state index in [1.54, 1.807) is 14.2 Å². The molecule has 3 nitrogen and oxygen atoms in total. The smallest absolute Gasteiger partial charge is 0.122 e. The van der Waals surface area contributed by atoms with Gasteiger partial charge in [0.05, 0.1) is 23.9 Å². The van der Waals surface area contributed by atoms with Crippen molar-refractivity contribution in [2.45, 2.75) is 42.3 Å². The summed E-state index contributed by atoms with van der Waals surface area (Å²) < 4.78 is 10.9. The minimum absolute atomic E-state index is 0.142. The van der Waals surface area contributed by atoms with Crippen molar-refractivity contribution in [3.63, 3.8) is 0 Å². The molecule has 0 bridgehead atoms. The van der Waals surface area contributed by atoms with Crippen LogP contribution in [0.3, 0.4) is 0 Å². The first kappa shape index (κ1) is 16.3. The number of methoxy groups -OCH3 is 2. The van der Waals surface area contributed by atoms with Gasteiger partial charge in [-0.25, -0.2) is 0 Å². The van der Waals surface area contributed by atoms with E-state index in [9.17, 15) is 5.11 Å². The van der Waals surface area contributed by atoms with Crippen LogP contribution >= 0.6 is 23.5 Å². The van der Waals surface area contributed by atoms with Gasteiger partial charge in [-0.05, 0) is 49.8 Å². The first-order valence-electron chi connectivity index (χ1n) is 7.76. The molecule has 122 valence electrons. The number of aliphatic hydroxyl groups is 1. The average molecular weight is 341 g/mol. The molecule has 1 aromatic rings. The molecule has 1 heterocycles. The number of benzene rings is 1. The Hall–Kier alpha value is -0.520. The van der Waals surface area contributed by atoms with Crippen molar-refractivity contribution < 1.29 is 14.6 Å². The standard InChI is InChI=1S/C17H24O3S2/c1-16(21-9-4-10-22-16)17(18)8-7-12-13(11-17)15(20-3)6-5-14(12)19-2/h5-6,18H,4,7-11H2,1-3H3/t17-/m1/s1. The molecule has 0 amide bonds. The van der Waals surface area contributed by atoms with Crippen LogP contribution in [0, 0.1) is 0 Å². The first-order chi connectivity index (χ1) is 10.5. The molecule has 0 spiro atoms. The van der Waals surface area contributed by atoms with Gasteiger partial charge in [-0.1, -0.05) is 0 Å². The summed E-state index contributed by atoms with van der Waals surface area (Å²) in [4.78, 5) is 0. The summed E-state index contributed by atoms with van der Waals surface area (Å²) in [5.74, 6) is 4.04. The number of thioether (sulfide) groups is 2. The molecule has 0 aromatic heterocycles. The number of hydrogen-bond acceptors (Lipinski definition) is 5. The van der Waals surface area contributed by atoms with Crippen LogP contribution in [0.1, 0.15) is 30.9 Å². The van der Waals surface area contributed by atoms with Gasteiger partial charge in [0, 0.05) is 17.5 Å². The van der Waals surface area contributed by atoms with Gasteiger partial charge < -0.3 is 14.6 Å². The van der Waals surface area contributed by atoms with Crippen LogP contribution in [0.4, 0.5) is 0 Å². The maximum atomic E-state index is 11.4. The molecule has 0 radical (unpaired) electrons. The molecule has 0 saturated carbocycles. The lowest BCUT2D eigenvalue weighted by molar-refractivity contribution is 0.0178. The van der Waals surface area contributed by atoms with Crippen molar-refractivity contribution in [1.29, 1.82) is 0 Å². The zero-order chi connectivity index (χ0) is 15.8. The summed E-state index contributed by atoms with van der Waals surface area (Å²) in [5.41, 5.74) is 1.61. The molecular formula is C17H24O3S2. The maximum Gasteiger partial charge on any atom is 0.122 e. The minimum atomic E-state index is -0.699. The highest BCUT2D eigenvalue weighted by Gasteiger charge is 2.51. The Labute approximate surface area is 141 Å². The fraction of sp³-hybridized carbons (Fsp3) is 0.647.